The molecule has 5 unspecified atom stereocenters. The Morgan fingerprint density at radius 3 is 2.26 bits per heavy atom. The van der Waals surface area contributed by atoms with E-state index in [2.05, 4.69) is 13.8 Å². The minimum Gasteiger partial charge on any atom is -0.369 e. The highest BCUT2D eigenvalue weighted by molar-refractivity contribution is 5.83. The molecule has 0 heterocycles. The van der Waals surface area contributed by atoms with Crippen LogP contribution in [0.4, 0.5) is 0 Å². The van der Waals surface area contributed by atoms with E-state index < -0.39 is 0 Å². The van der Waals surface area contributed by atoms with Gasteiger partial charge in [0.2, 0.25) is 5.91 Å². The molecule has 3 nitrogen and oxygen atoms in total. The molecule has 0 bridgehead atoms. The fourth-order valence-corrected chi connectivity index (χ4v) is 4.60. The van der Waals surface area contributed by atoms with E-state index in [1.165, 1.54) is 0 Å². The number of carbonyl (C=O) groups excluding carboxylic acids is 2. The van der Waals surface area contributed by atoms with E-state index >= 15 is 0 Å². The molecule has 1 amide bonds. The molecule has 3 heteroatoms. The van der Waals surface area contributed by atoms with Gasteiger partial charge in [-0.2, -0.15) is 0 Å². The molecule has 19 heavy (non-hydrogen) atoms. The van der Waals surface area contributed by atoms with Gasteiger partial charge in [-0.15, -0.1) is 0 Å². The number of ketones is 1. The molecular weight excluding hydrogens is 238 g/mol. The van der Waals surface area contributed by atoms with E-state index in [1.54, 1.807) is 0 Å². The van der Waals surface area contributed by atoms with Crippen molar-refractivity contribution in [3.8, 4) is 0 Å². The number of carbonyl (C=O) groups is 2. The first kappa shape index (κ1) is 14.5. The van der Waals surface area contributed by atoms with Gasteiger partial charge in [0.15, 0.2) is 0 Å². The van der Waals surface area contributed by atoms with Gasteiger partial charge >= 0.3 is 0 Å². The molecule has 2 aliphatic rings. The van der Waals surface area contributed by atoms with Gasteiger partial charge in [0.05, 0.1) is 0 Å². The van der Waals surface area contributed by atoms with Crippen LogP contribution in [0.3, 0.4) is 0 Å². The summed E-state index contributed by atoms with van der Waals surface area (Å²) in [6.45, 7) is 8.36. The lowest BCUT2D eigenvalue weighted by Crippen LogP contribution is -2.26. The fraction of sp³-hybridized carbons (Fsp3) is 0.875. The molecule has 108 valence electrons. The summed E-state index contributed by atoms with van der Waals surface area (Å²) in [5.74, 6) is 1.48. The normalized spacial score (nSPS) is 42.2. The van der Waals surface area contributed by atoms with Gasteiger partial charge in [-0.3, -0.25) is 9.59 Å². The van der Waals surface area contributed by atoms with Crippen LogP contribution in [-0.2, 0) is 9.59 Å². The van der Waals surface area contributed by atoms with Crippen molar-refractivity contribution in [3.63, 3.8) is 0 Å². The highest BCUT2D eigenvalue weighted by Gasteiger charge is 2.54. The van der Waals surface area contributed by atoms with E-state index in [9.17, 15) is 9.59 Å². The van der Waals surface area contributed by atoms with Crippen LogP contribution in [0.25, 0.3) is 0 Å². The first-order chi connectivity index (χ1) is 8.77. The number of rotatable bonds is 3. The summed E-state index contributed by atoms with van der Waals surface area (Å²) in [4.78, 5) is 23.8. The third-order valence-corrected chi connectivity index (χ3v) is 5.72. The highest BCUT2D eigenvalue weighted by atomic mass is 16.1. The molecule has 0 aromatic carbocycles. The van der Waals surface area contributed by atoms with Crippen LogP contribution in [0.1, 0.15) is 53.4 Å². The number of primary amides is 1. The summed E-state index contributed by atoms with van der Waals surface area (Å²) in [5.41, 5.74) is 5.71. The third kappa shape index (κ3) is 2.44. The predicted molar refractivity (Wildman–Crippen MR) is 75.2 cm³/mol. The summed E-state index contributed by atoms with van der Waals surface area (Å²) < 4.78 is 0. The Morgan fingerprint density at radius 2 is 1.79 bits per heavy atom. The third-order valence-electron chi connectivity index (χ3n) is 5.72. The molecule has 0 aromatic heterocycles. The Bertz CT molecular complexity index is 390. The smallest absolute Gasteiger partial charge is 0.220 e. The Balaban J connectivity index is 2.14. The summed E-state index contributed by atoms with van der Waals surface area (Å²) in [6.07, 6.45) is 3.92. The van der Waals surface area contributed by atoms with E-state index in [1.807, 2.05) is 13.8 Å². The molecule has 0 aromatic rings. The molecule has 2 saturated carbocycles. The molecule has 0 aliphatic heterocycles. The van der Waals surface area contributed by atoms with Crippen molar-refractivity contribution in [1.29, 1.82) is 0 Å². The van der Waals surface area contributed by atoms with Gasteiger partial charge in [-0.25, -0.2) is 0 Å². The molecule has 2 rings (SSSR count). The van der Waals surface area contributed by atoms with Crippen LogP contribution in [0, 0.1) is 35.0 Å². The van der Waals surface area contributed by atoms with Crippen LogP contribution in [-0.4, -0.2) is 11.7 Å². The van der Waals surface area contributed by atoms with Gasteiger partial charge in [0, 0.05) is 17.8 Å². The molecule has 2 N–H and O–H groups in total. The number of Topliss-reactive ketones (excluding diaryl/α,β-unsaturated/α-hetero) is 1. The average Bonchev–Trinajstić information content (AvgIpc) is 2.80. The van der Waals surface area contributed by atoms with Crippen LogP contribution in [0.5, 0.6) is 0 Å². The van der Waals surface area contributed by atoms with E-state index in [0.717, 1.165) is 25.7 Å². The zero-order valence-corrected chi connectivity index (χ0v) is 12.6. The molecule has 5 atom stereocenters. The molecule has 0 radical (unpaired) electrons. The number of nitrogens with two attached hydrogens (primary N) is 1. The Morgan fingerprint density at radius 1 is 1.16 bits per heavy atom. The van der Waals surface area contributed by atoms with Crippen molar-refractivity contribution in [2.24, 2.45) is 40.7 Å². The van der Waals surface area contributed by atoms with Gasteiger partial charge in [0.1, 0.15) is 5.78 Å². The van der Waals surface area contributed by atoms with Gasteiger partial charge in [-0.05, 0) is 42.9 Å². The van der Waals surface area contributed by atoms with Crippen LogP contribution in [0.2, 0.25) is 0 Å². The van der Waals surface area contributed by atoms with E-state index in [4.69, 9.17) is 5.73 Å². The molecule has 1 spiro atoms. The largest absolute Gasteiger partial charge is 0.369 e. The maximum atomic E-state index is 12.2. The molecule has 2 aliphatic carbocycles. The lowest BCUT2D eigenvalue weighted by molar-refractivity contribution is -0.125. The second-order valence-electron chi connectivity index (χ2n) is 7.35. The summed E-state index contributed by atoms with van der Waals surface area (Å²) >= 11 is 0. The Kier molecular flexibility index (Phi) is 3.76. The number of hydrogen-bond acceptors (Lipinski definition) is 2. The standard InChI is InChI=1S/C16H27NO2/c1-9(2)14(18)12-5-11(4)16(7-12)6-10(3)13(8-16)15(17)19/h9-13H,5-8H2,1-4H3,(H2,17,19). The first-order valence-corrected chi connectivity index (χ1v) is 7.60. The molecular formula is C16H27NO2. The topological polar surface area (TPSA) is 60.2 Å². The monoisotopic (exact) mass is 265 g/mol. The minimum atomic E-state index is -0.157. The highest BCUT2D eigenvalue weighted by Crippen LogP contribution is 2.59. The van der Waals surface area contributed by atoms with Crippen molar-refractivity contribution in [2.45, 2.75) is 53.4 Å². The van der Waals surface area contributed by atoms with Crippen LogP contribution in [0.15, 0.2) is 0 Å². The lowest BCUT2D eigenvalue weighted by Gasteiger charge is -2.29. The van der Waals surface area contributed by atoms with Crippen LogP contribution >= 0.6 is 0 Å². The maximum absolute atomic E-state index is 12.2. The summed E-state index contributed by atoms with van der Waals surface area (Å²) in [7, 11) is 0. The Labute approximate surface area is 116 Å². The van der Waals surface area contributed by atoms with Gasteiger partial charge < -0.3 is 5.73 Å². The number of hydrogen-bond donors (Lipinski definition) is 1. The molecule has 2 fully saturated rings. The number of amides is 1. The van der Waals surface area contributed by atoms with Crippen molar-refractivity contribution >= 4 is 11.7 Å². The summed E-state index contributed by atoms with van der Waals surface area (Å²) in [5, 5.41) is 0. The van der Waals surface area contributed by atoms with Crippen LogP contribution < -0.4 is 5.73 Å². The van der Waals surface area contributed by atoms with Gasteiger partial charge in [0.25, 0.3) is 0 Å². The van der Waals surface area contributed by atoms with Crippen molar-refractivity contribution in [2.75, 3.05) is 0 Å². The zero-order valence-electron chi connectivity index (χ0n) is 12.6. The Hall–Kier alpha value is -0.860. The summed E-state index contributed by atoms with van der Waals surface area (Å²) in [6, 6.07) is 0. The second kappa shape index (κ2) is 4.92. The average molecular weight is 265 g/mol. The molecule has 0 saturated heterocycles. The zero-order chi connectivity index (χ0) is 14.4. The van der Waals surface area contributed by atoms with Gasteiger partial charge in [-0.1, -0.05) is 27.7 Å². The van der Waals surface area contributed by atoms with E-state index in [0.29, 0.717) is 17.6 Å². The minimum absolute atomic E-state index is 0.00959. The van der Waals surface area contributed by atoms with E-state index in [-0.39, 0.29) is 29.1 Å². The SMILES string of the molecule is CC(C)C(=O)C1CC(C)C2(C1)CC(C)C(C(N)=O)C2. The maximum Gasteiger partial charge on any atom is 0.220 e. The van der Waals surface area contributed by atoms with Crippen molar-refractivity contribution < 1.29 is 9.59 Å². The predicted octanol–water partition coefficient (Wildman–Crippen LogP) is 2.78. The fourth-order valence-electron chi connectivity index (χ4n) is 4.60. The van der Waals surface area contributed by atoms with Crippen molar-refractivity contribution in [3.05, 3.63) is 0 Å². The second-order valence-corrected chi connectivity index (χ2v) is 7.35. The van der Waals surface area contributed by atoms with Crippen molar-refractivity contribution in [1.82, 2.24) is 0 Å². The first-order valence-electron chi connectivity index (χ1n) is 7.60. The lowest BCUT2D eigenvalue weighted by atomic mass is 9.76. The quantitative estimate of drug-likeness (QED) is 0.853.